The predicted molar refractivity (Wildman–Crippen MR) is 81.1 cm³/mol. The number of hydrogen-bond acceptors (Lipinski definition) is 3. The summed E-state index contributed by atoms with van der Waals surface area (Å²) in [5, 5.41) is 11.3. The number of anilines is 1. The first-order valence-corrected chi connectivity index (χ1v) is 7.34. The molecule has 0 saturated carbocycles. The molecule has 1 aliphatic rings. The number of aliphatic hydroxyl groups is 1. The molecule has 114 valence electrons. The Bertz CT molecular complexity index is 511. The van der Waals surface area contributed by atoms with Gasteiger partial charge < -0.3 is 15.3 Å². The molecule has 1 unspecified atom stereocenters. The van der Waals surface area contributed by atoms with E-state index in [0.29, 0.717) is 18.9 Å². The highest BCUT2D eigenvalue weighted by Gasteiger charge is 2.37. The van der Waals surface area contributed by atoms with E-state index < -0.39 is 5.92 Å². The highest BCUT2D eigenvalue weighted by atomic mass is 16.3. The van der Waals surface area contributed by atoms with E-state index in [-0.39, 0.29) is 25.0 Å². The number of benzene rings is 1. The Morgan fingerprint density at radius 3 is 2.62 bits per heavy atom. The van der Waals surface area contributed by atoms with E-state index in [4.69, 9.17) is 5.11 Å². The number of carbonyl (C=O) groups excluding carboxylic acids is 2. The molecule has 2 amide bonds. The lowest BCUT2D eigenvalue weighted by Gasteiger charge is -2.17. The van der Waals surface area contributed by atoms with Crippen LogP contribution in [0, 0.1) is 5.92 Å². The third-order valence-electron chi connectivity index (χ3n) is 3.80. The van der Waals surface area contributed by atoms with Gasteiger partial charge in [-0.2, -0.15) is 0 Å². The second-order valence-electron chi connectivity index (χ2n) is 5.59. The first-order chi connectivity index (χ1) is 10.0. The summed E-state index contributed by atoms with van der Waals surface area (Å²) < 4.78 is 0. The molecule has 0 aliphatic carbocycles. The normalized spacial score (nSPS) is 18.4. The molecule has 2 rings (SSSR count). The molecule has 0 bridgehead atoms. The van der Waals surface area contributed by atoms with Gasteiger partial charge in [0.05, 0.1) is 6.61 Å². The lowest BCUT2D eigenvalue weighted by Crippen LogP contribution is -2.37. The van der Waals surface area contributed by atoms with E-state index in [9.17, 15) is 9.59 Å². The highest BCUT2D eigenvalue weighted by Crippen LogP contribution is 2.27. The van der Waals surface area contributed by atoms with Crippen molar-refractivity contribution in [1.82, 2.24) is 5.32 Å². The quantitative estimate of drug-likeness (QED) is 0.802. The molecule has 1 aromatic carbocycles. The van der Waals surface area contributed by atoms with Crippen molar-refractivity contribution < 1.29 is 14.7 Å². The molecule has 5 heteroatoms. The van der Waals surface area contributed by atoms with Crippen LogP contribution < -0.4 is 10.2 Å². The fourth-order valence-corrected chi connectivity index (χ4v) is 2.52. The number of aliphatic hydroxyl groups excluding tert-OH is 1. The maximum Gasteiger partial charge on any atom is 0.239 e. The Kier molecular flexibility index (Phi) is 4.96. The summed E-state index contributed by atoms with van der Waals surface area (Å²) >= 11 is 0. The summed E-state index contributed by atoms with van der Waals surface area (Å²) in [6, 6.07) is 7.90. The maximum absolute atomic E-state index is 12.3. The Morgan fingerprint density at radius 2 is 2.05 bits per heavy atom. The molecule has 1 saturated heterocycles. The molecule has 1 atom stereocenters. The van der Waals surface area contributed by atoms with Crippen molar-refractivity contribution >= 4 is 17.5 Å². The minimum atomic E-state index is -0.638. The average Bonchev–Trinajstić information content (AvgIpc) is 2.86. The standard InChI is InChI=1S/C16H22N2O3/c1-11(2)12-3-5-13(6-4-12)18-9-7-14(16(18)21)15(20)17-8-10-19/h3-6,11,14,19H,7-10H2,1-2H3,(H,17,20). The van der Waals surface area contributed by atoms with Crippen molar-refractivity contribution in [3.05, 3.63) is 29.8 Å². The number of nitrogens with one attached hydrogen (secondary N) is 1. The predicted octanol–water partition coefficient (Wildman–Crippen LogP) is 1.27. The first-order valence-electron chi connectivity index (χ1n) is 7.34. The second-order valence-corrected chi connectivity index (χ2v) is 5.59. The SMILES string of the molecule is CC(C)c1ccc(N2CCC(C(=O)NCCO)C2=O)cc1. The Morgan fingerprint density at radius 1 is 1.38 bits per heavy atom. The number of nitrogens with zero attached hydrogens (tertiary/aromatic N) is 1. The second kappa shape index (κ2) is 6.72. The van der Waals surface area contributed by atoms with Crippen molar-refractivity contribution in [2.75, 3.05) is 24.6 Å². The highest BCUT2D eigenvalue weighted by molar-refractivity contribution is 6.09. The van der Waals surface area contributed by atoms with Crippen LogP contribution in [0.25, 0.3) is 0 Å². The summed E-state index contributed by atoms with van der Waals surface area (Å²) in [7, 11) is 0. The summed E-state index contributed by atoms with van der Waals surface area (Å²) in [5.41, 5.74) is 2.06. The van der Waals surface area contributed by atoms with Crippen LogP contribution in [0.15, 0.2) is 24.3 Å². The van der Waals surface area contributed by atoms with Gasteiger partial charge in [0.15, 0.2) is 0 Å². The van der Waals surface area contributed by atoms with Crippen LogP contribution in [-0.4, -0.2) is 36.6 Å². The molecule has 1 heterocycles. The number of rotatable bonds is 5. The smallest absolute Gasteiger partial charge is 0.239 e. The zero-order valence-electron chi connectivity index (χ0n) is 12.5. The van der Waals surface area contributed by atoms with Crippen LogP contribution in [0.1, 0.15) is 31.7 Å². The van der Waals surface area contributed by atoms with Crippen LogP contribution >= 0.6 is 0 Å². The molecule has 1 aromatic rings. The average molecular weight is 290 g/mol. The third kappa shape index (κ3) is 3.42. The fraction of sp³-hybridized carbons (Fsp3) is 0.500. The summed E-state index contributed by atoms with van der Waals surface area (Å²) in [6.45, 7) is 4.87. The number of hydrogen-bond donors (Lipinski definition) is 2. The Balaban J connectivity index is 2.05. The van der Waals surface area contributed by atoms with Gasteiger partial charge in [-0.1, -0.05) is 26.0 Å². The Labute approximate surface area is 125 Å². The van der Waals surface area contributed by atoms with E-state index in [1.807, 2.05) is 24.3 Å². The van der Waals surface area contributed by atoms with Crippen LogP contribution in [0.2, 0.25) is 0 Å². The van der Waals surface area contributed by atoms with Gasteiger partial charge in [-0.3, -0.25) is 9.59 Å². The number of carbonyl (C=O) groups is 2. The zero-order valence-corrected chi connectivity index (χ0v) is 12.5. The summed E-state index contributed by atoms with van der Waals surface area (Å²) in [6.07, 6.45) is 0.516. The molecule has 21 heavy (non-hydrogen) atoms. The fourth-order valence-electron chi connectivity index (χ4n) is 2.52. The van der Waals surface area contributed by atoms with Gasteiger partial charge in [-0.05, 0) is 30.0 Å². The van der Waals surface area contributed by atoms with Crippen molar-refractivity contribution in [2.45, 2.75) is 26.2 Å². The van der Waals surface area contributed by atoms with Crippen molar-refractivity contribution in [2.24, 2.45) is 5.92 Å². The third-order valence-corrected chi connectivity index (χ3v) is 3.80. The molecule has 5 nitrogen and oxygen atoms in total. The molecular formula is C16H22N2O3. The van der Waals surface area contributed by atoms with E-state index in [1.54, 1.807) is 4.90 Å². The van der Waals surface area contributed by atoms with Gasteiger partial charge in [-0.15, -0.1) is 0 Å². The lowest BCUT2D eigenvalue weighted by atomic mass is 10.0. The van der Waals surface area contributed by atoms with E-state index in [2.05, 4.69) is 19.2 Å². The number of amides is 2. The van der Waals surface area contributed by atoms with Crippen molar-refractivity contribution in [1.29, 1.82) is 0 Å². The van der Waals surface area contributed by atoms with Gasteiger partial charge >= 0.3 is 0 Å². The topological polar surface area (TPSA) is 69.6 Å². The minimum Gasteiger partial charge on any atom is -0.395 e. The van der Waals surface area contributed by atoms with E-state index in [0.717, 1.165) is 5.69 Å². The maximum atomic E-state index is 12.3. The van der Waals surface area contributed by atoms with Crippen LogP contribution in [0.4, 0.5) is 5.69 Å². The largest absolute Gasteiger partial charge is 0.395 e. The molecule has 1 aliphatic heterocycles. The zero-order chi connectivity index (χ0) is 15.4. The molecule has 1 fully saturated rings. The molecule has 0 spiro atoms. The Hall–Kier alpha value is -1.88. The summed E-state index contributed by atoms with van der Waals surface area (Å²) in [5.74, 6) is -0.648. The first kappa shape index (κ1) is 15.5. The van der Waals surface area contributed by atoms with Gasteiger partial charge in [0.25, 0.3) is 0 Å². The van der Waals surface area contributed by atoms with E-state index >= 15 is 0 Å². The lowest BCUT2D eigenvalue weighted by molar-refractivity contribution is -0.132. The van der Waals surface area contributed by atoms with Crippen LogP contribution in [0.5, 0.6) is 0 Å². The molecule has 0 radical (unpaired) electrons. The van der Waals surface area contributed by atoms with Crippen LogP contribution in [-0.2, 0) is 9.59 Å². The molecule has 0 aromatic heterocycles. The van der Waals surface area contributed by atoms with Gasteiger partial charge in [0, 0.05) is 18.8 Å². The van der Waals surface area contributed by atoms with Gasteiger partial charge in [0.2, 0.25) is 11.8 Å². The van der Waals surface area contributed by atoms with Gasteiger partial charge in [0.1, 0.15) is 5.92 Å². The minimum absolute atomic E-state index is 0.118. The molecule has 2 N–H and O–H groups in total. The monoisotopic (exact) mass is 290 g/mol. The summed E-state index contributed by atoms with van der Waals surface area (Å²) in [4.78, 5) is 25.9. The molecular weight excluding hydrogens is 268 g/mol. The van der Waals surface area contributed by atoms with Gasteiger partial charge in [-0.25, -0.2) is 0 Å². The van der Waals surface area contributed by atoms with E-state index in [1.165, 1.54) is 5.56 Å². The van der Waals surface area contributed by atoms with Crippen LogP contribution in [0.3, 0.4) is 0 Å². The van der Waals surface area contributed by atoms with Crippen molar-refractivity contribution in [3.8, 4) is 0 Å². The van der Waals surface area contributed by atoms with Crippen molar-refractivity contribution in [3.63, 3.8) is 0 Å².